The Morgan fingerprint density at radius 2 is 1.45 bits per heavy atom. The summed E-state index contributed by atoms with van der Waals surface area (Å²) in [6, 6.07) is 15.0. The van der Waals surface area contributed by atoms with Gasteiger partial charge in [-0.3, -0.25) is 19.2 Å². The number of aldehydes is 1. The first kappa shape index (κ1) is 34.4. The molecule has 5 atom stereocenters. The van der Waals surface area contributed by atoms with E-state index in [4.69, 9.17) is 5.73 Å². The molecule has 238 valence electrons. The van der Waals surface area contributed by atoms with Crippen LogP contribution in [0.15, 0.2) is 60.7 Å². The third-order valence-electron chi connectivity index (χ3n) is 7.84. The van der Waals surface area contributed by atoms with Crippen LogP contribution in [0.5, 0.6) is 0 Å². The van der Waals surface area contributed by atoms with Gasteiger partial charge in [-0.25, -0.2) is 0 Å². The molecular weight excluding hydrogens is 560 g/mol. The zero-order valence-corrected chi connectivity index (χ0v) is 25.7. The quantitative estimate of drug-likeness (QED) is 0.132. The number of benzene rings is 2. The molecular formula is C33H46N6O5. The van der Waals surface area contributed by atoms with Gasteiger partial charge in [-0.1, -0.05) is 60.7 Å². The summed E-state index contributed by atoms with van der Waals surface area (Å²) in [4.78, 5) is 66.6. The van der Waals surface area contributed by atoms with E-state index < -0.39 is 42.0 Å². The lowest BCUT2D eigenvalue weighted by atomic mass is 10.0. The van der Waals surface area contributed by atoms with Crippen molar-refractivity contribution in [2.24, 2.45) is 5.73 Å². The number of likely N-dealkylation sites (tertiary alicyclic amines) is 1. The Bertz CT molecular complexity index is 1230. The molecule has 0 radical (unpaired) electrons. The van der Waals surface area contributed by atoms with E-state index in [1.165, 1.54) is 4.90 Å². The van der Waals surface area contributed by atoms with Crippen LogP contribution in [0.25, 0.3) is 0 Å². The van der Waals surface area contributed by atoms with Gasteiger partial charge in [-0.05, 0) is 70.2 Å². The summed E-state index contributed by atoms with van der Waals surface area (Å²) in [7, 11) is 1.71. The number of nitrogens with one attached hydrogen (secondary N) is 4. The monoisotopic (exact) mass is 606 g/mol. The van der Waals surface area contributed by atoms with Gasteiger partial charge < -0.3 is 36.7 Å². The summed E-state index contributed by atoms with van der Waals surface area (Å²) in [5.41, 5.74) is 7.52. The molecule has 0 bridgehead atoms. The van der Waals surface area contributed by atoms with Crippen LogP contribution in [-0.4, -0.2) is 85.2 Å². The van der Waals surface area contributed by atoms with Crippen LogP contribution < -0.4 is 27.0 Å². The fourth-order valence-corrected chi connectivity index (χ4v) is 5.39. The topological polar surface area (TPSA) is 163 Å². The minimum Gasteiger partial charge on any atom is -0.345 e. The van der Waals surface area contributed by atoms with Gasteiger partial charge in [0.1, 0.15) is 24.4 Å². The van der Waals surface area contributed by atoms with Crippen LogP contribution in [0.2, 0.25) is 0 Å². The summed E-state index contributed by atoms with van der Waals surface area (Å²) < 4.78 is 0. The Morgan fingerprint density at radius 3 is 2.02 bits per heavy atom. The Hall–Kier alpha value is -4.09. The maximum Gasteiger partial charge on any atom is 0.245 e. The van der Waals surface area contributed by atoms with E-state index in [9.17, 15) is 24.0 Å². The number of nitrogens with two attached hydrogens (primary N) is 1. The lowest BCUT2D eigenvalue weighted by molar-refractivity contribution is -0.142. The van der Waals surface area contributed by atoms with E-state index in [0.29, 0.717) is 57.9 Å². The minimum absolute atomic E-state index is 0.218. The van der Waals surface area contributed by atoms with Crippen LogP contribution in [0.1, 0.15) is 50.2 Å². The number of carbonyl (C=O) groups excluding carboxylic acids is 5. The SMILES string of the molecule is CN[C@@H](Cc1ccccc1)C(=O)N[C@@H](CCCCN)C(=O)N1CCC[C@H]1C(=O)N[C@@H](Cc1ccccc1)C(=O)N[C@@H](C)C=O. The van der Waals surface area contributed by atoms with Gasteiger partial charge in [0.25, 0.3) is 0 Å². The average Bonchev–Trinajstić information content (AvgIpc) is 3.53. The molecule has 2 aromatic carbocycles. The lowest BCUT2D eigenvalue weighted by Crippen LogP contribution is -2.58. The number of likely N-dealkylation sites (N-methyl/N-ethyl adjacent to an activating group) is 1. The first-order valence-corrected chi connectivity index (χ1v) is 15.4. The highest BCUT2D eigenvalue weighted by atomic mass is 16.2. The molecule has 0 aromatic heterocycles. The highest BCUT2D eigenvalue weighted by molar-refractivity contribution is 5.95. The van der Waals surface area contributed by atoms with Crippen molar-refractivity contribution < 1.29 is 24.0 Å². The van der Waals surface area contributed by atoms with Crippen molar-refractivity contribution >= 4 is 29.9 Å². The van der Waals surface area contributed by atoms with Crippen molar-refractivity contribution in [1.29, 1.82) is 0 Å². The second-order valence-electron chi connectivity index (χ2n) is 11.3. The molecule has 6 N–H and O–H groups in total. The molecule has 1 aliphatic heterocycles. The van der Waals surface area contributed by atoms with E-state index in [1.807, 2.05) is 60.7 Å². The number of amides is 4. The molecule has 1 aliphatic rings. The molecule has 2 aromatic rings. The van der Waals surface area contributed by atoms with Crippen LogP contribution in [0.4, 0.5) is 0 Å². The fraction of sp³-hybridized carbons (Fsp3) is 0.485. The third kappa shape index (κ3) is 10.3. The first-order valence-electron chi connectivity index (χ1n) is 15.4. The van der Waals surface area contributed by atoms with Gasteiger partial charge >= 0.3 is 0 Å². The number of unbranched alkanes of at least 4 members (excludes halogenated alkanes) is 1. The third-order valence-corrected chi connectivity index (χ3v) is 7.84. The van der Waals surface area contributed by atoms with Crippen molar-refractivity contribution in [2.45, 2.75) is 82.1 Å². The van der Waals surface area contributed by atoms with Crippen LogP contribution >= 0.6 is 0 Å². The maximum absolute atomic E-state index is 13.9. The van der Waals surface area contributed by atoms with Crippen molar-refractivity contribution in [2.75, 3.05) is 20.1 Å². The number of rotatable bonds is 17. The molecule has 11 heteroatoms. The predicted octanol–water partition coefficient (Wildman–Crippen LogP) is 0.853. The van der Waals surface area contributed by atoms with Gasteiger partial charge in [0.15, 0.2) is 0 Å². The highest BCUT2D eigenvalue weighted by Crippen LogP contribution is 2.21. The van der Waals surface area contributed by atoms with Crippen LogP contribution in [0.3, 0.4) is 0 Å². The summed E-state index contributed by atoms with van der Waals surface area (Å²) in [5, 5.41) is 11.4. The second-order valence-corrected chi connectivity index (χ2v) is 11.3. The fourth-order valence-electron chi connectivity index (χ4n) is 5.39. The first-order chi connectivity index (χ1) is 21.3. The molecule has 0 aliphatic carbocycles. The Morgan fingerprint density at radius 1 is 0.864 bits per heavy atom. The average molecular weight is 607 g/mol. The minimum atomic E-state index is -0.945. The van der Waals surface area contributed by atoms with E-state index in [-0.39, 0.29) is 18.2 Å². The van der Waals surface area contributed by atoms with Gasteiger partial charge in [0.05, 0.1) is 12.1 Å². The molecule has 1 fully saturated rings. The van der Waals surface area contributed by atoms with E-state index in [1.54, 1.807) is 14.0 Å². The zero-order chi connectivity index (χ0) is 31.9. The molecule has 11 nitrogen and oxygen atoms in total. The van der Waals surface area contributed by atoms with Gasteiger partial charge in [0.2, 0.25) is 23.6 Å². The Labute approximate surface area is 259 Å². The standard InChI is InChI=1S/C33H46N6O5/c1-23(22-40)36-31(42)28(21-25-14-7-4-8-15-25)38-32(43)29-17-11-19-39(29)33(44)26(16-9-10-18-34)37-30(41)27(35-2)20-24-12-5-3-6-13-24/h3-8,12-15,22-23,26-29,35H,9-11,16-21,34H2,1-2H3,(H,36,42)(H,37,41)(H,38,43)/t23-,26-,27-,28-,29-/m0/s1. The van der Waals surface area contributed by atoms with Crippen molar-refractivity contribution in [3.63, 3.8) is 0 Å². The van der Waals surface area contributed by atoms with Crippen LogP contribution in [0, 0.1) is 0 Å². The van der Waals surface area contributed by atoms with E-state index in [0.717, 1.165) is 11.1 Å². The number of hydrogen-bond acceptors (Lipinski definition) is 7. The van der Waals surface area contributed by atoms with Crippen molar-refractivity contribution in [3.05, 3.63) is 71.8 Å². The van der Waals surface area contributed by atoms with Crippen molar-refractivity contribution in [1.82, 2.24) is 26.2 Å². The lowest BCUT2D eigenvalue weighted by Gasteiger charge is -2.30. The largest absolute Gasteiger partial charge is 0.345 e. The smallest absolute Gasteiger partial charge is 0.245 e. The zero-order valence-electron chi connectivity index (χ0n) is 25.7. The molecule has 44 heavy (non-hydrogen) atoms. The van der Waals surface area contributed by atoms with E-state index in [2.05, 4.69) is 21.3 Å². The van der Waals surface area contributed by atoms with Gasteiger partial charge in [-0.2, -0.15) is 0 Å². The van der Waals surface area contributed by atoms with Gasteiger partial charge in [-0.15, -0.1) is 0 Å². The summed E-state index contributed by atoms with van der Waals surface area (Å²) in [6.07, 6.45) is 4.04. The highest BCUT2D eigenvalue weighted by Gasteiger charge is 2.39. The molecule has 3 rings (SSSR count). The summed E-state index contributed by atoms with van der Waals surface area (Å²) in [6.45, 7) is 2.38. The summed E-state index contributed by atoms with van der Waals surface area (Å²) >= 11 is 0. The Balaban J connectivity index is 1.74. The number of hydrogen-bond donors (Lipinski definition) is 5. The van der Waals surface area contributed by atoms with Gasteiger partial charge in [0, 0.05) is 13.0 Å². The van der Waals surface area contributed by atoms with Crippen LogP contribution in [-0.2, 0) is 36.8 Å². The number of nitrogens with zero attached hydrogens (tertiary/aromatic N) is 1. The molecule has 0 unspecified atom stereocenters. The normalized spacial score (nSPS) is 17.2. The molecule has 4 amide bonds. The predicted molar refractivity (Wildman–Crippen MR) is 168 cm³/mol. The molecule has 1 saturated heterocycles. The maximum atomic E-state index is 13.9. The molecule has 0 saturated carbocycles. The second kappa shape index (κ2) is 17.9. The number of carbonyl (C=O) groups is 5. The summed E-state index contributed by atoms with van der Waals surface area (Å²) in [5.74, 6) is -1.57. The van der Waals surface area contributed by atoms with Crippen molar-refractivity contribution in [3.8, 4) is 0 Å². The molecule has 0 spiro atoms. The molecule has 1 heterocycles. The Kier molecular flexibility index (Phi) is 14.0. The van der Waals surface area contributed by atoms with E-state index >= 15 is 0 Å².